The Kier molecular flexibility index (Phi) is 5.17. The number of carboxylic acids is 1. The molecule has 20 heavy (non-hydrogen) atoms. The van der Waals surface area contributed by atoms with Gasteiger partial charge in [-0.05, 0) is 25.7 Å². The topological polar surface area (TPSA) is 66.8 Å². The van der Waals surface area contributed by atoms with Gasteiger partial charge in [0.15, 0.2) is 0 Å². The summed E-state index contributed by atoms with van der Waals surface area (Å²) in [5.74, 6) is -1.37. The summed E-state index contributed by atoms with van der Waals surface area (Å²) in [6.07, 6.45) is 7.55. The van der Waals surface area contributed by atoms with E-state index in [9.17, 15) is 14.7 Å². The van der Waals surface area contributed by atoms with Gasteiger partial charge in [0.2, 0.25) is 5.91 Å². The maximum atomic E-state index is 12.7. The molecule has 0 aromatic rings. The van der Waals surface area contributed by atoms with Crippen LogP contribution in [0, 0.1) is 11.8 Å². The number of hydrogen-bond donors (Lipinski definition) is 1. The largest absolute Gasteiger partial charge is 0.481 e. The molecular weight excluding hydrogens is 258 g/mol. The Morgan fingerprint density at radius 3 is 2.75 bits per heavy atom. The Balaban J connectivity index is 2.11. The van der Waals surface area contributed by atoms with Gasteiger partial charge in [0, 0.05) is 12.5 Å². The molecule has 3 unspecified atom stereocenters. The zero-order valence-electron chi connectivity index (χ0n) is 12.0. The Bertz CT molecular complexity index is 393. The highest BCUT2D eigenvalue weighted by Gasteiger charge is 2.41. The number of aliphatic carboxylic acids is 1. The number of ether oxygens (including phenoxy) is 1. The monoisotopic (exact) mass is 281 g/mol. The minimum atomic E-state index is -0.870. The van der Waals surface area contributed by atoms with Crippen LogP contribution in [0.1, 0.15) is 32.6 Å². The van der Waals surface area contributed by atoms with Crippen LogP contribution in [0.25, 0.3) is 0 Å². The van der Waals surface area contributed by atoms with E-state index in [4.69, 9.17) is 4.74 Å². The molecule has 112 valence electrons. The number of nitrogens with zero attached hydrogens (tertiary/aromatic N) is 1. The first kappa shape index (κ1) is 15.0. The van der Waals surface area contributed by atoms with Crippen molar-refractivity contribution in [1.82, 2.24) is 4.90 Å². The fraction of sp³-hybridized carbons (Fsp3) is 0.733. The molecule has 2 aliphatic rings. The van der Waals surface area contributed by atoms with Gasteiger partial charge in [-0.2, -0.15) is 0 Å². The van der Waals surface area contributed by atoms with Crippen LogP contribution in [0.3, 0.4) is 0 Å². The first-order valence-electron chi connectivity index (χ1n) is 7.41. The Morgan fingerprint density at radius 2 is 2.15 bits per heavy atom. The van der Waals surface area contributed by atoms with Gasteiger partial charge < -0.3 is 14.7 Å². The van der Waals surface area contributed by atoms with E-state index in [1.165, 1.54) is 0 Å². The van der Waals surface area contributed by atoms with E-state index in [2.05, 4.69) is 12.2 Å². The van der Waals surface area contributed by atoms with Gasteiger partial charge in [0.05, 0.1) is 19.3 Å². The van der Waals surface area contributed by atoms with E-state index in [-0.39, 0.29) is 24.5 Å². The smallest absolute Gasteiger partial charge is 0.311 e. The third-order valence-corrected chi connectivity index (χ3v) is 4.13. The zero-order chi connectivity index (χ0) is 14.5. The van der Waals surface area contributed by atoms with E-state index in [1.54, 1.807) is 4.90 Å². The Hall–Kier alpha value is -1.36. The molecule has 1 aliphatic carbocycles. The molecule has 0 spiro atoms. The highest BCUT2D eigenvalue weighted by Crippen LogP contribution is 2.26. The van der Waals surface area contributed by atoms with Crippen molar-refractivity contribution in [1.29, 1.82) is 0 Å². The highest BCUT2D eigenvalue weighted by molar-refractivity contribution is 5.81. The SMILES string of the molecule is CCCN(C(=O)C1CC=CCC1)C1COCC1C(=O)O. The molecule has 5 nitrogen and oxygen atoms in total. The second-order valence-corrected chi connectivity index (χ2v) is 5.56. The predicted octanol–water partition coefficient (Wildman–Crippen LogP) is 1.68. The standard InChI is InChI=1S/C15H23NO4/c1-2-8-16(13-10-20-9-12(13)15(18)19)14(17)11-6-4-3-5-7-11/h3-4,11-13H,2,5-10H2,1H3,(H,18,19). The van der Waals surface area contributed by atoms with Crippen molar-refractivity contribution in [2.24, 2.45) is 11.8 Å². The summed E-state index contributed by atoms with van der Waals surface area (Å²) < 4.78 is 5.31. The lowest BCUT2D eigenvalue weighted by Gasteiger charge is -2.33. The average molecular weight is 281 g/mol. The number of rotatable bonds is 5. The summed E-state index contributed by atoms with van der Waals surface area (Å²) in [5, 5.41) is 9.26. The second-order valence-electron chi connectivity index (χ2n) is 5.56. The van der Waals surface area contributed by atoms with E-state index in [0.29, 0.717) is 13.2 Å². The normalized spacial score (nSPS) is 29.4. The molecule has 5 heteroatoms. The predicted molar refractivity (Wildman–Crippen MR) is 74.2 cm³/mol. The van der Waals surface area contributed by atoms with Gasteiger partial charge in [-0.1, -0.05) is 19.1 Å². The van der Waals surface area contributed by atoms with Crippen molar-refractivity contribution in [3.63, 3.8) is 0 Å². The van der Waals surface area contributed by atoms with Crippen molar-refractivity contribution in [3.05, 3.63) is 12.2 Å². The van der Waals surface area contributed by atoms with E-state index < -0.39 is 11.9 Å². The summed E-state index contributed by atoms with van der Waals surface area (Å²) in [6, 6.07) is -0.314. The van der Waals surface area contributed by atoms with Gasteiger partial charge in [0.25, 0.3) is 0 Å². The molecule has 0 saturated carbocycles. The van der Waals surface area contributed by atoms with Crippen LogP contribution in [-0.2, 0) is 14.3 Å². The van der Waals surface area contributed by atoms with Crippen LogP contribution in [-0.4, -0.2) is 47.7 Å². The maximum absolute atomic E-state index is 12.7. The van der Waals surface area contributed by atoms with Gasteiger partial charge in [0.1, 0.15) is 5.92 Å². The quantitative estimate of drug-likeness (QED) is 0.779. The highest BCUT2D eigenvalue weighted by atomic mass is 16.5. The summed E-state index contributed by atoms with van der Waals surface area (Å²) >= 11 is 0. The van der Waals surface area contributed by atoms with Crippen LogP contribution in [0.4, 0.5) is 0 Å². The molecule has 0 bridgehead atoms. The molecule has 0 radical (unpaired) electrons. The number of amides is 1. The van der Waals surface area contributed by atoms with Crippen LogP contribution < -0.4 is 0 Å². The van der Waals surface area contributed by atoms with Crippen molar-refractivity contribution >= 4 is 11.9 Å². The number of allylic oxidation sites excluding steroid dienone is 2. The number of carbonyl (C=O) groups is 2. The van der Waals surface area contributed by atoms with Crippen LogP contribution in [0.15, 0.2) is 12.2 Å². The lowest BCUT2D eigenvalue weighted by Crippen LogP contribution is -2.49. The molecule has 0 aromatic heterocycles. The molecule has 2 rings (SSSR count). The molecule has 1 amide bonds. The van der Waals surface area contributed by atoms with Gasteiger partial charge in [-0.15, -0.1) is 0 Å². The molecule has 1 heterocycles. The molecule has 1 aliphatic heterocycles. The molecule has 3 atom stereocenters. The number of hydrogen-bond acceptors (Lipinski definition) is 3. The van der Waals surface area contributed by atoms with Crippen LogP contribution in [0.5, 0.6) is 0 Å². The summed E-state index contributed by atoms with van der Waals surface area (Å²) in [5.41, 5.74) is 0. The lowest BCUT2D eigenvalue weighted by molar-refractivity contribution is -0.146. The molecule has 0 aromatic carbocycles. The lowest BCUT2D eigenvalue weighted by atomic mass is 9.91. The van der Waals surface area contributed by atoms with Gasteiger partial charge in [-0.3, -0.25) is 9.59 Å². The second kappa shape index (κ2) is 6.88. The van der Waals surface area contributed by atoms with E-state index >= 15 is 0 Å². The Labute approximate surface area is 119 Å². The minimum Gasteiger partial charge on any atom is -0.481 e. The fourth-order valence-electron chi connectivity index (χ4n) is 3.02. The van der Waals surface area contributed by atoms with E-state index in [1.807, 2.05) is 6.92 Å². The third-order valence-electron chi connectivity index (χ3n) is 4.13. The minimum absolute atomic E-state index is 0.00148. The van der Waals surface area contributed by atoms with Crippen LogP contribution in [0.2, 0.25) is 0 Å². The Morgan fingerprint density at radius 1 is 1.35 bits per heavy atom. The molecule has 1 saturated heterocycles. The molecule has 1 fully saturated rings. The number of carboxylic acid groups (broad SMARTS) is 1. The van der Waals surface area contributed by atoms with Crippen molar-refractivity contribution < 1.29 is 19.4 Å². The number of carbonyl (C=O) groups excluding carboxylic acids is 1. The maximum Gasteiger partial charge on any atom is 0.311 e. The fourth-order valence-corrected chi connectivity index (χ4v) is 3.02. The third kappa shape index (κ3) is 3.20. The van der Waals surface area contributed by atoms with E-state index in [0.717, 1.165) is 25.7 Å². The van der Waals surface area contributed by atoms with Crippen molar-refractivity contribution in [3.8, 4) is 0 Å². The molecule has 1 N–H and O–H groups in total. The first-order valence-corrected chi connectivity index (χ1v) is 7.41. The van der Waals surface area contributed by atoms with Crippen LogP contribution >= 0.6 is 0 Å². The summed E-state index contributed by atoms with van der Waals surface area (Å²) in [7, 11) is 0. The zero-order valence-corrected chi connectivity index (χ0v) is 12.0. The summed E-state index contributed by atoms with van der Waals surface area (Å²) in [6.45, 7) is 3.16. The first-order chi connectivity index (χ1) is 9.65. The van der Waals surface area contributed by atoms with Gasteiger partial charge in [-0.25, -0.2) is 0 Å². The average Bonchev–Trinajstić information content (AvgIpc) is 2.94. The summed E-state index contributed by atoms with van der Waals surface area (Å²) in [4.78, 5) is 25.7. The van der Waals surface area contributed by atoms with Crippen molar-refractivity contribution in [2.45, 2.75) is 38.6 Å². The molecular formula is C15H23NO4. The van der Waals surface area contributed by atoms with Gasteiger partial charge >= 0.3 is 5.97 Å². The van der Waals surface area contributed by atoms with Crippen molar-refractivity contribution in [2.75, 3.05) is 19.8 Å².